The molecule has 2 aromatic carbocycles. The van der Waals surface area contributed by atoms with E-state index in [1.54, 1.807) is 0 Å². The number of benzene rings is 2. The van der Waals surface area contributed by atoms with Crippen molar-refractivity contribution in [3.8, 4) is 0 Å². The van der Waals surface area contributed by atoms with Gasteiger partial charge in [0.05, 0.1) is 0 Å². The smallest absolute Gasteiger partial charge is 0.160 e. The van der Waals surface area contributed by atoms with Crippen molar-refractivity contribution in [2.45, 2.75) is 13.5 Å². The quantitative estimate of drug-likeness (QED) is 0.752. The van der Waals surface area contributed by atoms with Crippen LogP contribution in [0.2, 0.25) is 0 Å². The lowest BCUT2D eigenvalue weighted by Gasteiger charge is -2.06. The molecule has 0 unspecified atom stereocenters. The van der Waals surface area contributed by atoms with E-state index < -0.39 is 11.6 Å². The van der Waals surface area contributed by atoms with Crippen LogP contribution in [0.15, 0.2) is 46.9 Å². The van der Waals surface area contributed by atoms with E-state index >= 15 is 0 Å². The van der Waals surface area contributed by atoms with E-state index in [0.717, 1.165) is 34.4 Å². The van der Waals surface area contributed by atoms with E-state index in [4.69, 9.17) is 4.42 Å². The summed E-state index contributed by atoms with van der Waals surface area (Å²) in [6.45, 7) is 2.39. The second kappa shape index (κ2) is 4.96. The van der Waals surface area contributed by atoms with Crippen molar-refractivity contribution in [2.75, 3.05) is 5.32 Å². The third kappa shape index (κ3) is 2.25. The van der Waals surface area contributed by atoms with Crippen LogP contribution < -0.4 is 5.32 Å². The Morgan fingerprint density at radius 3 is 2.65 bits per heavy atom. The Hall–Kier alpha value is -2.36. The van der Waals surface area contributed by atoms with Crippen molar-refractivity contribution >= 4 is 16.7 Å². The third-order valence-corrected chi connectivity index (χ3v) is 3.29. The summed E-state index contributed by atoms with van der Waals surface area (Å²) in [5.74, 6) is -0.884. The third-order valence-electron chi connectivity index (χ3n) is 3.29. The lowest BCUT2D eigenvalue weighted by atomic mass is 10.1. The molecule has 3 rings (SSSR count). The number of nitrogens with one attached hydrogen (secondary N) is 1. The zero-order chi connectivity index (χ0) is 14.1. The van der Waals surface area contributed by atoms with Crippen molar-refractivity contribution in [1.82, 2.24) is 0 Å². The van der Waals surface area contributed by atoms with E-state index in [-0.39, 0.29) is 0 Å². The Balaban J connectivity index is 1.86. The molecule has 2 nitrogen and oxygen atoms in total. The number of aryl methyl sites for hydroxylation is 1. The van der Waals surface area contributed by atoms with Crippen LogP contribution in [0.1, 0.15) is 11.3 Å². The highest BCUT2D eigenvalue weighted by Crippen LogP contribution is 2.26. The van der Waals surface area contributed by atoms with Crippen molar-refractivity contribution < 1.29 is 13.2 Å². The Morgan fingerprint density at radius 1 is 1.05 bits per heavy atom. The summed E-state index contributed by atoms with van der Waals surface area (Å²) in [6, 6.07) is 11.5. The maximum absolute atomic E-state index is 13.1. The monoisotopic (exact) mass is 273 g/mol. The van der Waals surface area contributed by atoms with Gasteiger partial charge in [0, 0.05) is 29.2 Å². The molecule has 1 N–H and O–H groups in total. The molecule has 4 heteroatoms. The van der Waals surface area contributed by atoms with Crippen molar-refractivity contribution in [3.63, 3.8) is 0 Å². The fourth-order valence-corrected chi connectivity index (χ4v) is 2.24. The zero-order valence-electron chi connectivity index (χ0n) is 10.9. The van der Waals surface area contributed by atoms with Gasteiger partial charge in [0.15, 0.2) is 11.6 Å². The average molecular weight is 273 g/mol. The summed E-state index contributed by atoms with van der Waals surface area (Å²) in [5.41, 5.74) is 2.38. The molecule has 3 aromatic rings. The minimum atomic E-state index is -0.858. The van der Waals surface area contributed by atoms with Gasteiger partial charge in [-0.1, -0.05) is 18.2 Å². The van der Waals surface area contributed by atoms with Crippen molar-refractivity contribution in [2.24, 2.45) is 0 Å². The van der Waals surface area contributed by atoms with E-state index in [0.29, 0.717) is 12.2 Å². The molecule has 20 heavy (non-hydrogen) atoms. The highest BCUT2D eigenvalue weighted by Gasteiger charge is 2.10. The van der Waals surface area contributed by atoms with Gasteiger partial charge in [-0.2, -0.15) is 0 Å². The van der Waals surface area contributed by atoms with Gasteiger partial charge in [-0.25, -0.2) is 8.78 Å². The fraction of sp³-hybridized carbons (Fsp3) is 0.125. The molecule has 0 aliphatic heterocycles. The molecule has 0 saturated heterocycles. The molecule has 0 spiro atoms. The Kier molecular flexibility index (Phi) is 3.14. The summed E-state index contributed by atoms with van der Waals surface area (Å²) in [7, 11) is 0. The van der Waals surface area contributed by atoms with Crippen LogP contribution in [0.4, 0.5) is 14.5 Å². The molecule has 0 bridgehead atoms. The number of para-hydroxylation sites is 1. The highest BCUT2D eigenvalue weighted by atomic mass is 19.2. The lowest BCUT2D eigenvalue weighted by Crippen LogP contribution is -2.01. The molecule has 102 valence electrons. The molecular formula is C16H13F2NO. The largest absolute Gasteiger partial charge is 0.461 e. The predicted octanol–water partition coefficient (Wildman–Crippen LogP) is 4.63. The normalized spacial score (nSPS) is 10.9. The molecule has 0 aliphatic rings. The van der Waals surface area contributed by atoms with Gasteiger partial charge in [0.25, 0.3) is 0 Å². The maximum Gasteiger partial charge on any atom is 0.160 e. The first-order chi connectivity index (χ1) is 9.65. The number of furan rings is 1. The van der Waals surface area contributed by atoms with Crippen LogP contribution in [0, 0.1) is 18.6 Å². The number of hydrogen-bond donors (Lipinski definition) is 1. The summed E-state index contributed by atoms with van der Waals surface area (Å²) in [6.07, 6.45) is 0. The van der Waals surface area contributed by atoms with Crippen LogP contribution in [-0.4, -0.2) is 0 Å². The maximum atomic E-state index is 13.1. The molecule has 1 heterocycles. The molecule has 1 aromatic heterocycles. The first-order valence-corrected chi connectivity index (χ1v) is 6.31. The Morgan fingerprint density at radius 2 is 1.85 bits per heavy atom. The van der Waals surface area contributed by atoms with E-state index in [2.05, 4.69) is 5.32 Å². The molecule has 0 saturated carbocycles. The number of rotatable bonds is 3. The Labute approximate surface area is 115 Å². The summed E-state index contributed by atoms with van der Waals surface area (Å²) in [4.78, 5) is 0. The summed E-state index contributed by atoms with van der Waals surface area (Å²) >= 11 is 0. The summed E-state index contributed by atoms with van der Waals surface area (Å²) < 4.78 is 31.7. The molecular weight excluding hydrogens is 260 g/mol. The predicted molar refractivity (Wildman–Crippen MR) is 74.6 cm³/mol. The van der Waals surface area contributed by atoms with Gasteiger partial charge in [-0.05, 0) is 25.1 Å². The summed E-state index contributed by atoms with van der Waals surface area (Å²) in [5, 5.41) is 4.11. The average Bonchev–Trinajstić information content (AvgIpc) is 2.76. The van der Waals surface area contributed by atoms with Gasteiger partial charge in [-0.3, -0.25) is 0 Å². The topological polar surface area (TPSA) is 25.2 Å². The highest BCUT2D eigenvalue weighted by molar-refractivity contribution is 5.82. The zero-order valence-corrected chi connectivity index (χ0v) is 10.9. The van der Waals surface area contributed by atoms with Crippen molar-refractivity contribution in [3.05, 3.63) is 65.4 Å². The lowest BCUT2D eigenvalue weighted by molar-refractivity contribution is 0.509. The number of fused-ring (bicyclic) bond motifs is 1. The van der Waals surface area contributed by atoms with Gasteiger partial charge in [0.2, 0.25) is 0 Å². The second-order valence-electron chi connectivity index (χ2n) is 4.62. The SMILES string of the molecule is Cc1oc2ccccc2c1CNc1ccc(F)c(F)c1. The fourth-order valence-electron chi connectivity index (χ4n) is 2.24. The first kappa shape index (κ1) is 12.7. The first-order valence-electron chi connectivity index (χ1n) is 6.31. The Bertz CT molecular complexity index is 764. The van der Waals surface area contributed by atoms with Crippen LogP contribution in [-0.2, 0) is 6.54 Å². The van der Waals surface area contributed by atoms with Gasteiger partial charge in [0.1, 0.15) is 11.3 Å². The van der Waals surface area contributed by atoms with Crippen LogP contribution in [0.5, 0.6) is 0 Å². The molecule has 0 radical (unpaired) electrons. The second-order valence-corrected chi connectivity index (χ2v) is 4.62. The number of anilines is 1. The van der Waals surface area contributed by atoms with Gasteiger partial charge < -0.3 is 9.73 Å². The molecule has 0 aliphatic carbocycles. The number of halogens is 2. The standard InChI is InChI=1S/C16H13F2NO/c1-10-13(12-4-2-3-5-16(12)20-10)9-19-11-6-7-14(17)15(18)8-11/h2-8,19H,9H2,1H3. The van der Waals surface area contributed by atoms with Gasteiger partial charge in [-0.15, -0.1) is 0 Å². The molecule has 0 fully saturated rings. The minimum Gasteiger partial charge on any atom is -0.461 e. The minimum absolute atomic E-state index is 0.494. The molecule has 0 amide bonds. The van der Waals surface area contributed by atoms with E-state index in [1.165, 1.54) is 6.07 Å². The van der Waals surface area contributed by atoms with Crippen LogP contribution >= 0.6 is 0 Å². The van der Waals surface area contributed by atoms with Crippen LogP contribution in [0.3, 0.4) is 0 Å². The van der Waals surface area contributed by atoms with Crippen LogP contribution in [0.25, 0.3) is 11.0 Å². The van der Waals surface area contributed by atoms with E-state index in [9.17, 15) is 8.78 Å². The number of hydrogen-bond acceptors (Lipinski definition) is 2. The van der Waals surface area contributed by atoms with Gasteiger partial charge >= 0.3 is 0 Å². The van der Waals surface area contributed by atoms with E-state index in [1.807, 2.05) is 31.2 Å². The molecule has 0 atom stereocenters. The van der Waals surface area contributed by atoms with Crippen molar-refractivity contribution in [1.29, 1.82) is 0 Å².